The van der Waals surface area contributed by atoms with Crippen molar-refractivity contribution in [1.82, 2.24) is 20.0 Å². The van der Waals surface area contributed by atoms with Crippen molar-refractivity contribution in [3.8, 4) is 0 Å². The van der Waals surface area contributed by atoms with Crippen LogP contribution in [0.5, 0.6) is 0 Å². The Hall–Kier alpha value is -2.31. The maximum atomic E-state index is 5.50. The second kappa shape index (κ2) is 10.8. The van der Waals surface area contributed by atoms with Crippen molar-refractivity contribution in [3.05, 3.63) is 59.5 Å². The first kappa shape index (κ1) is 21.9. The van der Waals surface area contributed by atoms with Crippen LogP contribution in [0.3, 0.4) is 0 Å². The molecule has 1 unspecified atom stereocenters. The van der Waals surface area contributed by atoms with Crippen molar-refractivity contribution in [2.24, 2.45) is 4.99 Å². The molecule has 31 heavy (non-hydrogen) atoms. The minimum absolute atomic E-state index is 0.689. The molecule has 0 radical (unpaired) electrons. The Kier molecular flexibility index (Phi) is 7.65. The first-order chi connectivity index (χ1) is 15.2. The van der Waals surface area contributed by atoms with Gasteiger partial charge in [-0.15, -0.1) is 0 Å². The van der Waals surface area contributed by atoms with Crippen LogP contribution in [-0.2, 0) is 19.6 Å². The van der Waals surface area contributed by atoms with Gasteiger partial charge >= 0.3 is 0 Å². The fourth-order valence-corrected chi connectivity index (χ4v) is 4.81. The minimum atomic E-state index is 0.689. The number of hydrogen-bond donors (Lipinski definition) is 1. The molecule has 2 aromatic rings. The van der Waals surface area contributed by atoms with Crippen LogP contribution in [0.15, 0.2) is 52.1 Å². The Labute approximate surface area is 186 Å². The maximum Gasteiger partial charge on any atom is 0.194 e. The van der Waals surface area contributed by atoms with Gasteiger partial charge in [0.2, 0.25) is 0 Å². The fraction of sp³-hybridized carbons (Fsp3) is 0.560. The molecule has 0 saturated carbocycles. The van der Waals surface area contributed by atoms with E-state index in [2.05, 4.69) is 58.3 Å². The Bertz CT molecular complexity index is 828. The second-order valence-electron chi connectivity index (χ2n) is 8.82. The highest BCUT2D eigenvalue weighted by atomic mass is 16.3. The number of furan rings is 1. The smallest absolute Gasteiger partial charge is 0.194 e. The van der Waals surface area contributed by atoms with Crippen LogP contribution >= 0.6 is 0 Å². The highest BCUT2D eigenvalue weighted by molar-refractivity contribution is 5.80. The summed E-state index contributed by atoms with van der Waals surface area (Å²) in [5.41, 5.74) is 2.62. The molecule has 6 nitrogen and oxygen atoms in total. The summed E-state index contributed by atoms with van der Waals surface area (Å²) in [5, 5.41) is 3.53. The molecule has 2 fully saturated rings. The molecule has 2 aliphatic rings. The van der Waals surface area contributed by atoms with Gasteiger partial charge < -0.3 is 14.6 Å². The van der Waals surface area contributed by atoms with Gasteiger partial charge in [-0.3, -0.25) is 9.80 Å². The van der Waals surface area contributed by atoms with Crippen LogP contribution < -0.4 is 5.32 Å². The molecular weight excluding hydrogens is 386 g/mol. The molecule has 0 aliphatic carbocycles. The summed E-state index contributed by atoms with van der Waals surface area (Å²) < 4.78 is 5.50. The van der Waals surface area contributed by atoms with Crippen molar-refractivity contribution in [2.75, 3.05) is 39.8 Å². The molecule has 4 rings (SSSR count). The third kappa shape index (κ3) is 5.89. The van der Waals surface area contributed by atoms with Crippen molar-refractivity contribution in [2.45, 2.75) is 51.9 Å². The van der Waals surface area contributed by atoms with Crippen LogP contribution in [0.2, 0.25) is 0 Å². The molecule has 1 aromatic heterocycles. The molecule has 6 heteroatoms. The third-order valence-corrected chi connectivity index (χ3v) is 6.42. The summed E-state index contributed by atoms with van der Waals surface area (Å²) in [5.74, 6) is 2.05. The third-order valence-electron chi connectivity index (χ3n) is 6.42. The molecule has 3 heterocycles. The fourth-order valence-electron chi connectivity index (χ4n) is 4.81. The van der Waals surface area contributed by atoms with Gasteiger partial charge in [0.25, 0.3) is 0 Å². The maximum absolute atomic E-state index is 5.50. The zero-order valence-corrected chi connectivity index (χ0v) is 19.1. The summed E-state index contributed by atoms with van der Waals surface area (Å²) in [6.07, 6.45) is 5.70. The molecule has 1 N–H and O–H groups in total. The first-order valence-electron chi connectivity index (χ1n) is 11.8. The number of rotatable bonds is 8. The van der Waals surface area contributed by atoms with Crippen molar-refractivity contribution < 1.29 is 4.42 Å². The van der Waals surface area contributed by atoms with Crippen molar-refractivity contribution in [3.63, 3.8) is 0 Å². The lowest BCUT2D eigenvalue weighted by Crippen LogP contribution is -2.42. The van der Waals surface area contributed by atoms with Crippen molar-refractivity contribution in [1.29, 1.82) is 0 Å². The predicted octanol–water partition coefficient (Wildman–Crippen LogP) is 3.55. The van der Waals surface area contributed by atoms with Crippen LogP contribution in [0.4, 0.5) is 0 Å². The Morgan fingerprint density at radius 2 is 1.90 bits per heavy atom. The molecule has 0 amide bonds. The summed E-state index contributed by atoms with van der Waals surface area (Å²) in [6, 6.07) is 13.3. The lowest BCUT2D eigenvalue weighted by Gasteiger charge is -2.25. The average molecular weight is 424 g/mol. The molecular formula is C25H37N5O. The zero-order chi connectivity index (χ0) is 21.5. The number of nitrogens with zero attached hydrogens (tertiary/aromatic N) is 4. The van der Waals surface area contributed by atoms with Crippen LogP contribution in [0.25, 0.3) is 0 Å². The Morgan fingerprint density at radius 3 is 2.65 bits per heavy atom. The van der Waals surface area contributed by atoms with E-state index in [0.29, 0.717) is 12.6 Å². The number of benzene rings is 1. The van der Waals surface area contributed by atoms with E-state index in [9.17, 15) is 0 Å². The molecule has 2 aliphatic heterocycles. The Morgan fingerprint density at radius 1 is 1.10 bits per heavy atom. The SMILES string of the molecule is CCNC(=NCc1ccccc1CN(C)Cc1ccco1)N1CCC(N2CCCC2)C1. The molecule has 0 bridgehead atoms. The van der Waals surface area contributed by atoms with Gasteiger partial charge in [-0.2, -0.15) is 0 Å². The molecule has 0 spiro atoms. The standard InChI is InChI=1S/C25H37N5O/c1-3-26-25(30-15-12-23(19-30)29-13-6-7-14-29)27-17-21-9-4-5-10-22(21)18-28(2)20-24-11-8-16-31-24/h4-5,8-11,16,23H,3,6-7,12-15,17-20H2,1-2H3,(H,26,27). The van der Waals surface area contributed by atoms with Gasteiger partial charge in [0.15, 0.2) is 5.96 Å². The highest BCUT2D eigenvalue weighted by Crippen LogP contribution is 2.21. The summed E-state index contributed by atoms with van der Waals surface area (Å²) in [4.78, 5) is 12.5. The van der Waals surface area contributed by atoms with E-state index in [-0.39, 0.29) is 0 Å². The number of aliphatic imine (C=N–C) groups is 1. The lowest BCUT2D eigenvalue weighted by molar-refractivity contribution is 0.249. The molecule has 168 valence electrons. The van der Waals surface area contributed by atoms with Crippen LogP contribution in [0.1, 0.15) is 43.1 Å². The van der Waals surface area contributed by atoms with Crippen molar-refractivity contribution >= 4 is 5.96 Å². The minimum Gasteiger partial charge on any atom is -0.468 e. The quantitative estimate of drug-likeness (QED) is 0.520. The number of guanidine groups is 1. The molecule has 1 aromatic carbocycles. The summed E-state index contributed by atoms with van der Waals surface area (Å²) in [7, 11) is 2.13. The summed E-state index contributed by atoms with van der Waals surface area (Å²) >= 11 is 0. The monoisotopic (exact) mass is 423 g/mol. The van der Waals surface area contributed by atoms with Crippen LogP contribution in [-0.4, -0.2) is 66.5 Å². The topological polar surface area (TPSA) is 47.3 Å². The molecule has 1 atom stereocenters. The van der Waals surface area contributed by atoms with E-state index < -0.39 is 0 Å². The van der Waals surface area contributed by atoms with Gasteiger partial charge in [-0.25, -0.2) is 4.99 Å². The number of likely N-dealkylation sites (tertiary alicyclic amines) is 2. The van der Waals surface area contributed by atoms with Gasteiger partial charge in [-0.1, -0.05) is 24.3 Å². The normalized spacial score (nSPS) is 20.2. The molecule has 2 saturated heterocycles. The van der Waals surface area contributed by atoms with Gasteiger partial charge in [0.1, 0.15) is 5.76 Å². The number of nitrogens with one attached hydrogen (secondary N) is 1. The number of hydrogen-bond acceptors (Lipinski definition) is 4. The van der Waals surface area contributed by atoms with Gasteiger partial charge in [0.05, 0.1) is 19.4 Å². The largest absolute Gasteiger partial charge is 0.468 e. The van der Waals surface area contributed by atoms with Gasteiger partial charge in [-0.05, 0) is 69.6 Å². The summed E-state index contributed by atoms with van der Waals surface area (Å²) in [6.45, 7) is 10.2. The second-order valence-corrected chi connectivity index (χ2v) is 8.82. The Balaban J connectivity index is 1.39. The van der Waals surface area contributed by atoms with E-state index in [0.717, 1.165) is 44.4 Å². The highest BCUT2D eigenvalue weighted by Gasteiger charge is 2.30. The lowest BCUT2D eigenvalue weighted by atomic mass is 10.1. The van der Waals surface area contributed by atoms with E-state index in [1.807, 2.05) is 12.1 Å². The van der Waals surface area contributed by atoms with E-state index >= 15 is 0 Å². The van der Waals surface area contributed by atoms with E-state index in [1.165, 1.54) is 43.5 Å². The van der Waals surface area contributed by atoms with Gasteiger partial charge in [0, 0.05) is 32.2 Å². The zero-order valence-electron chi connectivity index (χ0n) is 19.1. The first-order valence-corrected chi connectivity index (χ1v) is 11.8. The van der Waals surface area contributed by atoms with Crippen LogP contribution in [0, 0.1) is 0 Å². The average Bonchev–Trinajstić information content (AvgIpc) is 3.54. The van der Waals surface area contributed by atoms with E-state index in [1.54, 1.807) is 6.26 Å². The predicted molar refractivity (Wildman–Crippen MR) is 126 cm³/mol. The van der Waals surface area contributed by atoms with E-state index in [4.69, 9.17) is 9.41 Å².